The first-order chi connectivity index (χ1) is 8.88. The Balaban J connectivity index is 2.70. The molecule has 0 bridgehead atoms. The molecule has 0 aromatic heterocycles. The first-order valence-corrected chi connectivity index (χ1v) is 6.60. The maximum Gasteiger partial charge on any atom is 0.241 e. The molecular weight excluding hydrogens is 236 g/mol. The number of carbonyl (C=O) groups excluding carboxylic acids is 1. The third-order valence-corrected chi connectivity index (χ3v) is 3.81. The number of nitrogens with one attached hydrogen (secondary N) is 1. The van der Waals surface area contributed by atoms with Crippen molar-refractivity contribution in [3.8, 4) is 6.07 Å². The molecule has 0 fully saturated rings. The topological polar surface area (TPSA) is 52.9 Å². The van der Waals surface area contributed by atoms with Crippen LogP contribution in [0.4, 0.5) is 0 Å². The minimum atomic E-state index is -0.732. The summed E-state index contributed by atoms with van der Waals surface area (Å²) in [7, 11) is 0. The van der Waals surface area contributed by atoms with E-state index in [1.54, 1.807) is 12.1 Å². The Morgan fingerprint density at radius 3 is 2.37 bits per heavy atom. The second-order valence-electron chi connectivity index (χ2n) is 5.83. The summed E-state index contributed by atoms with van der Waals surface area (Å²) in [5.74, 6) is -0.489. The second-order valence-corrected chi connectivity index (χ2v) is 5.83. The van der Waals surface area contributed by atoms with Crippen LogP contribution >= 0.6 is 0 Å². The van der Waals surface area contributed by atoms with Crippen molar-refractivity contribution in [2.24, 2.45) is 11.3 Å². The van der Waals surface area contributed by atoms with E-state index in [1.165, 1.54) is 0 Å². The fraction of sp³-hybridized carbons (Fsp3) is 0.500. The van der Waals surface area contributed by atoms with Crippen LogP contribution in [0.5, 0.6) is 0 Å². The molecule has 1 rings (SSSR count). The Morgan fingerprint density at radius 2 is 1.89 bits per heavy atom. The highest BCUT2D eigenvalue weighted by Gasteiger charge is 2.26. The van der Waals surface area contributed by atoms with Crippen molar-refractivity contribution >= 4 is 5.91 Å². The van der Waals surface area contributed by atoms with Gasteiger partial charge in [0, 0.05) is 6.54 Å². The molecular formula is C16H22N2O. The quantitative estimate of drug-likeness (QED) is 0.882. The van der Waals surface area contributed by atoms with Crippen LogP contribution in [-0.4, -0.2) is 12.5 Å². The molecule has 3 heteroatoms. The molecule has 0 aliphatic carbocycles. The fourth-order valence-corrected chi connectivity index (χ4v) is 1.55. The number of amides is 1. The Morgan fingerprint density at radius 1 is 1.32 bits per heavy atom. The van der Waals surface area contributed by atoms with Crippen molar-refractivity contribution < 1.29 is 4.79 Å². The normalized spacial score (nSPS) is 12.8. The Hall–Kier alpha value is -1.82. The van der Waals surface area contributed by atoms with E-state index in [4.69, 9.17) is 0 Å². The SMILES string of the molecule is CC(C)C(C)(C)CNC(=O)C(C#N)c1ccccc1. The van der Waals surface area contributed by atoms with Gasteiger partial charge in [0.05, 0.1) is 6.07 Å². The maximum atomic E-state index is 12.1. The van der Waals surface area contributed by atoms with Gasteiger partial charge < -0.3 is 5.32 Å². The predicted molar refractivity (Wildman–Crippen MR) is 76.4 cm³/mol. The summed E-state index contributed by atoms with van der Waals surface area (Å²) < 4.78 is 0. The number of hydrogen-bond donors (Lipinski definition) is 1. The maximum absolute atomic E-state index is 12.1. The van der Waals surface area contributed by atoms with Crippen LogP contribution in [0.25, 0.3) is 0 Å². The lowest BCUT2D eigenvalue weighted by molar-refractivity contribution is -0.122. The number of nitriles is 1. The summed E-state index contributed by atoms with van der Waals surface area (Å²) in [6, 6.07) is 11.2. The predicted octanol–water partition coefficient (Wildman–Crippen LogP) is 3.09. The van der Waals surface area contributed by atoms with Gasteiger partial charge in [0.15, 0.2) is 0 Å². The van der Waals surface area contributed by atoms with Crippen molar-refractivity contribution in [3.63, 3.8) is 0 Å². The smallest absolute Gasteiger partial charge is 0.241 e. The van der Waals surface area contributed by atoms with Crippen LogP contribution in [0.2, 0.25) is 0 Å². The van der Waals surface area contributed by atoms with Gasteiger partial charge in [-0.2, -0.15) is 5.26 Å². The van der Waals surface area contributed by atoms with E-state index in [1.807, 2.05) is 18.2 Å². The van der Waals surface area contributed by atoms with Crippen LogP contribution in [0.15, 0.2) is 30.3 Å². The van der Waals surface area contributed by atoms with Gasteiger partial charge in [-0.3, -0.25) is 4.79 Å². The summed E-state index contributed by atoms with van der Waals surface area (Å²) in [5, 5.41) is 12.1. The lowest BCUT2D eigenvalue weighted by Crippen LogP contribution is -2.39. The van der Waals surface area contributed by atoms with Crippen LogP contribution in [0, 0.1) is 22.7 Å². The second kappa shape index (κ2) is 6.38. The summed E-state index contributed by atoms with van der Waals surface area (Å²) in [6.45, 7) is 9.06. The number of nitrogens with zero attached hydrogens (tertiary/aromatic N) is 1. The van der Waals surface area contributed by atoms with Gasteiger partial charge in [-0.1, -0.05) is 58.0 Å². The zero-order valence-electron chi connectivity index (χ0n) is 12.1. The molecule has 3 nitrogen and oxygen atoms in total. The van der Waals surface area contributed by atoms with Gasteiger partial charge in [0.2, 0.25) is 5.91 Å². The lowest BCUT2D eigenvalue weighted by atomic mass is 9.81. The van der Waals surface area contributed by atoms with Gasteiger partial charge in [0.1, 0.15) is 5.92 Å². The molecule has 1 aromatic rings. The molecule has 1 atom stereocenters. The molecule has 1 amide bonds. The van der Waals surface area contributed by atoms with Gasteiger partial charge in [-0.25, -0.2) is 0 Å². The van der Waals surface area contributed by atoms with Crippen LogP contribution in [0.1, 0.15) is 39.2 Å². The number of hydrogen-bond acceptors (Lipinski definition) is 2. The Labute approximate surface area is 115 Å². The minimum Gasteiger partial charge on any atom is -0.354 e. The van der Waals surface area contributed by atoms with E-state index in [2.05, 4.69) is 39.1 Å². The molecule has 1 N–H and O–H groups in total. The molecule has 19 heavy (non-hydrogen) atoms. The van der Waals surface area contributed by atoms with E-state index in [0.29, 0.717) is 12.5 Å². The van der Waals surface area contributed by atoms with E-state index in [9.17, 15) is 10.1 Å². The summed E-state index contributed by atoms with van der Waals surface area (Å²) in [6.07, 6.45) is 0. The molecule has 0 radical (unpaired) electrons. The van der Waals surface area contributed by atoms with Crippen molar-refractivity contribution in [2.75, 3.05) is 6.54 Å². The first-order valence-electron chi connectivity index (χ1n) is 6.60. The van der Waals surface area contributed by atoms with Gasteiger partial charge in [-0.05, 0) is 16.9 Å². The third-order valence-electron chi connectivity index (χ3n) is 3.81. The first kappa shape index (κ1) is 15.2. The summed E-state index contributed by atoms with van der Waals surface area (Å²) >= 11 is 0. The van der Waals surface area contributed by atoms with E-state index >= 15 is 0 Å². The highest BCUT2D eigenvalue weighted by molar-refractivity contribution is 5.86. The molecule has 0 spiro atoms. The molecule has 1 aromatic carbocycles. The average Bonchev–Trinajstić information content (AvgIpc) is 2.38. The fourth-order valence-electron chi connectivity index (χ4n) is 1.55. The minimum absolute atomic E-state index is 0.0202. The molecule has 0 aliphatic heterocycles. The lowest BCUT2D eigenvalue weighted by Gasteiger charge is -2.29. The van der Waals surface area contributed by atoms with E-state index in [0.717, 1.165) is 5.56 Å². The van der Waals surface area contributed by atoms with E-state index < -0.39 is 5.92 Å². The van der Waals surface area contributed by atoms with Crippen LogP contribution < -0.4 is 5.32 Å². The van der Waals surface area contributed by atoms with Crippen LogP contribution in [0.3, 0.4) is 0 Å². The van der Waals surface area contributed by atoms with Crippen LogP contribution in [-0.2, 0) is 4.79 Å². The molecule has 0 aliphatic rings. The molecule has 0 saturated heterocycles. The number of carbonyl (C=O) groups is 1. The third kappa shape index (κ3) is 4.10. The molecule has 0 heterocycles. The van der Waals surface area contributed by atoms with Crippen molar-refractivity contribution in [3.05, 3.63) is 35.9 Å². The van der Waals surface area contributed by atoms with E-state index in [-0.39, 0.29) is 11.3 Å². The highest BCUT2D eigenvalue weighted by atomic mass is 16.1. The molecule has 0 saturated carbocycles. The zero-order chi connectivity index (χ0) is 14.5. The summed E-state index contributed by atoms with van der Waals surface area (Å²) in [4.78, 5) is 12.1. The van der Waals surface area contributed by atoms with Crippen molar-refractivity contribution in [2.45, 2.75) is 33.6 Å². The Bertz CT molecular complexity index is 457. The van der Waals surface area contributed by atoms with Crippen molar-refractivity contribution in [1.82, 2.24) is 5.32 Å². The largest absolute Gasteiger partial charge is 0.354 e. The molecule has 102 valence electrons. The zero-order valence-corrected chi connectivity index (χ0v) is 12.1. The number of benzene rings is 1. The monoisotopic (exact) mass is 258 g/mol. The number of rotatable bonds is 5. The van der Waals surface area contributed by atoms with Gasteiger partial charge >= 0.3 is 0 Å². The van der Waals surface area contributed by atoms with Crippen molar-refractivity contribution in [1.29, 1.82) is 5.26 Å². The van der Waals surface area contributed by atoms with Gasteiger partial charge in [0.25, 0.3) is 0 Å². The Kier molecular flexibility index (Phi) is 5.11. The standard InChI is InChI=1S/C16H22N2O/c1-12(2)16(3,4)11-18-15(19)14(10-17)13-8-6-5-7-9-13/h5-9,12,14H,11H2,1-4H3,(H,18,19). The summed E-state index contributed by atoms with van der Waals surface area (Å²) in [5.41, 5.74) is 0.761. The van der Waals surface area contributed by atoms with Gasteiger partial charge in [-0.15, -0.1) is 0 Å². The molecule has 1 unspecified atom stereocenters. The average molecular weight is 258 g/mol. The highest BCUT2D eigenvalue weighted by Crippen LogP contribution is 2.25.